The topological polar surface area (TPSA) is 54.9 Å². The van der Waals surface area contributed by atoms with Gasteiger partial charge in [-0.05, 0) is 23.6 Å². The van der Waals surface area contributed by atoms with Crippen LogP contribution in [0.2, 0.25) is 0 Å². The number of amides is 1. The maximum atomic E-state index is 12.1. The van der Waals surface area contributed by atoms with Crippen molar-refractivity contribution < 1.29 is 4.79 Å². The Bertz CT molecular complexity index is 802. The van der Waals surface area contributed by atoms with Crippen LogP contribution in [0, 0.1) is 0 Å². The molecule has 4 heteroatoms. The third-order valence-corrected chi connectivity index (χ3v) is 3.81. The molecule has 0 saturated heterocycles. The van der Waals surface area contributed by atoms with Gasteiger partial charge in [0.1, 0.15) is 0 Å². The number of benzene rings is 2. The van der Waals surface area contributed by atoms with Crippen molar-refractivity contribution in [2.24, 2.45) is 0 Å². The van der Waals surface area contributed by atoms with Gasteiger partial charge in [-0.15, -0.1) is 0 Å². The zero-order valence-electron chi connectivity index (χ0n) is 13.1. The number of carbonyl (C=O) groups excluding carboxylic acids is 1. The molecule has 23 heavy (non-hydrogen) atoms. The van der Waals surface area contributed by atoms with Crippen molar-refractivity contribution in [1.29, 1.82) is 0 Å². The van der Waals surface area contributed by atoms with Gasteiger partial charge in [0.15, 0.2) is 0 Å². The number of rotatable bonds is 5. The molecule has 0 bridgehead atoms. The van der Waals surface area contributed by atoms with Gasteiger partial charge < -0.3 is 5.32 Å². The molecule has 3 rings (SSSR count). The first-order valence-electron chi connectivity index (χ1n) is 7.74. The van der Waals surface area contributed by atoms with Gasteiger partial charge in [0.25, 0.3) is 0 Å². The zero-order valence-corrected chi connectivity index (χ0v) is 13.1. The summed E-state index contributed by atoms with van der Waals surface area (Å²) in [5, 5.41) is 2.97. The molecule has 0 spiro atoms. The molecule has 0 fully saturated rings. The Morgan fingerprint density at radius 1 is 1.04 bits per heavy atom. The largest absolute Gasteiger partial charge is 0.355 e. The highest BCUT2D eigenvalue weighted by molar-refractivity contribution is 5.79. The van der Waals surface area contributed by atoms with Crippen LogP contribution in [0.5, 0.6) is 0 Å². The van der Waals surface area contributed by atoms with E-state index in [1.54, 1.807) is 6.20 Å². The predicted molar refractivity (Wildman–Crippen MR) is 91.1 cm³/mol. The summed E-state index contributed by atoms with van der Waals surface area (Å²) in [6, 6.07) is 17.8. The average molecular weight is 305 g/mol. The van der Waals surface area contributed by atoms with Crippen molar-refractivity contribution in [2.45, 2.75) is 19.3 Å². The average Bonchev–Trinajstić information content (AvgIpc) is 2.60. The lowest BCUT2D eigenvalue weighted by Gasteiger charge is -2.13. The third-order valence-electron chi connectivity index (χ3n) is 3.81. The van der Waals surface area contributed by atoms with Gasteiger partial charge in [-0.1, -0.05) is 49.4 Å². The standard InChI is InChI=1S/C19H19N3O/c1-14(15-7-3-2-4-8-15)12-21-19(23)11-16-13-20-17-9-5-6-10-18(17)22-16/h2-10,13-14H,11-12H2,1H3,(H,21,23). The Labute approximate surface area is 135 Å². The van der Waals surface area contributed by atoms with Gasteiger partial charge in [0, 0.05) is 12.7 Å². The highest BCUT2D eigenvalue weighted by Crippen LogP contribution is 2.13. The van der Waals surface area contributed by atoms with E-state index in [1.165, 1.54) is 5.56 Å². The second-order valence-corrected chi connectivity index (χ2v) is 5.64. The van der Waals surface area contributed by atoms with Crippen molar-refractivity contribution in [3.8, 4) is 0 Å². The molecule has 4 nitrogen and oxygen atoms in total. The molecule has 1 heterocycles. The Morgan fingerprint density at radius 2 is 1.74 bits per heavy atom. The first kappa shape index (κ1) is 15.2. The lowest BCUT2D eigenvalue weighted by molar-refractivity contribution is -0.120. The van der Waals surface area contributed by atoms with E-state index in [1.807, 2.05) is 42.5 Å². The molecular weight excluding hydrogens is 286 g/mol. The van der Waals surface area contributed by atoms with Crippen LogP contribution in [0.15, 0.2) is 60.8 Å². The van der Waals surface area contributed by atoms with Crippen LogP contribution in [0.4, 0.5) is 0 Å². The number of para-hydroxylation sites is 2. The lowest BCUT2D eigenvalue weighted by Crippen LogP contribution is -2.29. The normalized spacial score (nSPS) is 12.0. The van der Waals surface area contributed by atoms with Gasteiger partial charge in [-0.25, -0.2) is 4.98 Å². The van der Waals surface area contributed by atoms with Crippen molar-refractivity contribution in [1.82, 2.24) is 15.3 Å². The van der Waals surface area contributed by atoms with Crippen LogP contribution < -0.4 is 5.32 Å². The Morgan fingerprint density at radius 3 is 2.52 bits per heavy atom. The zero-order chi connectivity index (χ0) is 16.1. The summed E-state index contributed by atoms with van der Waals surface area (Å²) in [6.07, 6.45) is 1.92. The van der Waals surface area contributed by atoms with Crippen LogP contribution >= 0.6 is 0 Å². The molecule has 2 aromatic carbocycles. The molecule has 0 aliphatic rings. The Balaban J connectivity index is 1.58. The highest BCUT2D eigenvalue weighted by Gasteiger charge is 2.09. The van der Waals surface area contributed by atoms with E-state index >= 15 is 0 Å². The van der Waals surface area contributed by atoms with Crippen LogP contribution in [0.25, 0.3) is 11.0 Å². The Hall–Kier alpha value is -2.75. The second-order valence-electron chi connectivity index (χ2n) is 5.64. The predicted octanol–water partition coefficient (Wildman–Crippen LogP) is 3.09. The minimum atomic E-state index is -0.0302. The molecule has 3 aromatic rings. The second kappa shape index (κ2) is 7.01. The summed E-state index contributed by atoms with van der Waals surface area (Å²) in [5.41, 5.74) is 3.57. The number of nitrogens with zero attached hydrogens (tertiary/aromatic N) is 2. The SMILES string of the molecule is CC(CNC(=O)Cc1cnc2ccccc2n1)c1ccccc1. The van der Waals surface area contributed by atoms with E-state index in [-0.39, 0.29) is 18.2 Å². The molecule has 0 aliphatic heterocycles. The first-order valence-corrected chi connectivity index (χ1v) is 7.74. The van der Waals surface area contributed by atoms with Crippen molar-refractivity contribution >= 4 is 16.9 Å². The summed E-state index contributed by atoms with van der Waals surface area (Å²) < 4.78 is 0. The number of hydrogen-bond donors (Lipinski definition) is 1. The van der Waals surface area contributed by atoms with Crippen molar-refractivity contribution in [2.75, 3.05) is 6.54 Å². The van der Waals surface area contributed by atoms with Crippen molar-refractivity contribution in [3.05, 3.63) is 72.1 Å². The number of aromatic nitrogens is 2. The molecule has 1 atom stereocenters. The van der Waals surface area contributed by atoms with E-state index in [0.717, 1.165) is 11.0 Å². The fourth-order valence-corrected chi connectivity index (χ4v) is 2.47. The van der Waals surface area contributed by atoms with E-state index in [9.17, 15) is 4.79 Å². The summed E-state index contributed by atoms with van der Waals surface area (Å²) in [7, 11) is 0. The monoisotopic (exact) mass is 305 g/mol. The molecule has 0 saturated carbocycles. The molecule has 0 radical (unpaired) electrons. The minimum Gasteiger partial charge on any atom is -0.355 e. The fraction of sp³-hybridized carbons (Fsp3) is 0.211. The van der Waals surface area contributed by atoms with E-state index in [2.05, 4.69) is 34.3 Å². The number of nitrogens with one attached hydrogen (secondary N) is 1. The van der Waals surface area contributed by atoms with Gasteiger partial charge >= 0.3 is 0 Å². The molecule has 0 aliphatic carbocycles. The summed E-state index contributed by atoms with van der Waals surface area (Å²) in [5.74, 6) is 0.250. The van der Waals surface area contributed by atoms with Gasteiger partial charge in [0.2, 0.25) is 5.91 Å². The number of fused-ring (bicyclic) bond motifs is 1. The van der Waals surface area contributed by atoms with Crippen LogP contribution in [0.3, 0.4) is 0 Å². The summed E-state index contributed by atoms with van der Waals surface area (Å²) >= 11 is 0. The molecular formula is C19H19N3O. The van der Waals surface area contributed by atoms with Crippen molar-refractivity contribution in [3.63, 3.8) is 0 Å². The van der Waals surface area contributed by atoms with Gasteiger partial charge in [-0.2, -0.15) is 0 Å². The maximum Gasteiger partial charge on any atom is 0.226 e. The molecule has 1 unspecified atom stereocenters. The minimum absolute atomic E-state index is 0.0302. The lowest BCUT2D eigenvalue weighted by atomic mass is 10.0. The van der Waals surface area contributed by atoms with E-state index in [0.29, 0.717) is 12.2 Å². The summed E-state index contributed by atoms with van der Waals surface area (Å²) in [6.45, 7) is 2.72. The maximum absolute atomic E-state index is 12.1. The first-order chi connectivity index (χ1) is 11.2. The molecule has 116 valence electrons. The van der Waals surface area contributed by atoms with Crippen LogP contribution in [-0.2, 0) is 11.2 Å². The van der Waals surface area contributed by atoms with Crippen LogP contribution in [-0.4, -0.2) is 22.4 Å². The third kappa shape index (κ3) is 3.92. The highest BCUT2D eigenvalue weighted by atomic mass is 16.1. The van der Waals surface area contributed by atoms with E-state index < -0.39 is 0 Å². The molecule has 1 amide bonds. The van der Waals surface area contributed by atoms with E-state index in [4.69, 9.17) is 0 Å². The Kier molecular flexibility index (Phi) is 4.62. The fourth-order valence-electron chi connectivity index (χ4n) is 2.47. The molecule has 1 N–H and O–H groups in total. The quantitative estimate of drug-likeness (QED) is 0.788. The number of carbonyl (C=O) groups is 1. The smallest absolute Gasteiger partial charge is 0.226 e. The van der Waals surface area contributed by atoms with Crippen LogP contribution in [0.1, 0.15) is 24.1 Å². The van der Waals surface area contributed by atoms with Gasteiger partial charge in [0.05, 0.1) is 23.1 Å². The number of hydrogen-bond acceptors (Lipinski definition) is 3. The van der Waals surface area contributed by atoms with Gasteiger partial charge in [-0.3, -0.25) is 9.78 Å². The summed E-state index contributed by atoms with van der Waals surface area (Å²) in [4.78, 5) is 20.9. The molecule has 1 aromatic heterocycles.